The Morgan fingerprint density at radius 2 is 2.36 bits per heavy atom. The minimum absolute atomic E-state index is 0.317. The van der Waals surface area contributed by atoms with Gasteiger partial charge in [0.25, 0.3) is 0 Å². The molecule has 2 aliphatic rings. The average Bonchev–Trinajstić information content (AvgIpc) is 2.54. The van der Waals surface area contributed by atoms with Crippen molar-refractivity contribution in [2.24, 2.45) is 0 Å². The second-order valence-electron chi connectivity index (χ2n) is 3.91. The van der Waals surface area contributed by atoms with Gasteiger partial charge in [0.15, 0.2) is 0 Å². The predicted octanol–water partition coefficient (Wildman–Crippen LogP) is 2.53. The molecule has 1 saturated heterocycles. The molecule has 2 nitrogen and oxygen atoms in total. The molecule has 1 fully saturated rings. The Balaban J connectivity index is 2.01. The van der Waals surface area contributed by atoms with Gasteiger partial charge in [0.05, 0.1) is 6.04 Å². The molecule has 1 N–H and O–H groups in total. The van der Waals surface area contributed by atoms with E-state index in [2.05, 4.69) is 11.4 Å². The zero-order chi connectivity index (χ0) is 9.54. The van der Waals surface area contributed by atoms with Crippen LogP contribution in [0.4, 0.5) is 0 Å². The second-order valence-corrected chi connectivity index (χ2v) is 4.35. The Labute approximate surface area is 88.2 Å². The zero-order valence-corrected chi connectivity index (χ0v) is 8.55. The highest BCUT2D eigenvalue weighted by Crippen LogP contribution is 2.40. The van der Waals surface area contributed by atoms with Gasteiger partial charge in [-0.3, -0.25) is 0 Å². The molecule has 3 rings (SSSR count). The first kappa shape index (κ1) is 8.57. The highest BCUT2D eigenvalue weighted by Gasteiger charge is 2.35. The van der Waals surface area contributed by atoms with Crippen molar-refractivity contribution in [3.63, 3.8) is 0 Å². The van der Waals surface area contributed by atoms with E-state index < -0.39 is 0 Å². The fourth-order valence-corrected chi connectivity index (χ4v) is 2.49. The first-order valence-corrected chi connectivity index (χ1v) is 5.42. The van der Waals surface area contributed by atoms with E-state index in [1.807, 2.05) is 12.1 Å². The van der Waals surface area contributed by atoms with Crippen molar-refractivity contribution in [1.82, 2.24) is 5.32 Å². The molecule has 0 unspecified atom stereocenters. The smallest absolute Gasteiger partial charge is 0.126 e. The first-order valence-electron chi connectivity index (χ1n) is 5.04. The molecule has 2 atom stereocenters. The molecule has 1 aromatic rings. The van der Waals surface area contributed by atoms with Crippen molar-refractivity contribution in [1.29, 1.82) is 0 Å². The maximum absolute atomic E-state index is 5.92. The van der Waals surface area contributed by atoms with Gasteiger partial charge < -0.3 is 10.1 Å². The molecule has 2 heterocycles. The van der Waals surface area contributed by atoms with Crippen molar-refractivity contribution in [2.75, 3.05) is 6.54 Å². The van der Waals surface area contributed by atoms with Crippen LogP contribution in [0.15, 0.2) is 18.2 Å². The monoisotopic (exact) mass is 209 g/mol. The van der Waals surface area contributed by atoms with E-state index in [0.29, 0.717) is 12.1 Å². The van der Waals surface area contributed by atoms with Gasteiger partial charge in [-0.1, -0.05) is 17.7 Å². The number of halogens is 1. The normalized spacial score (nSPS) is 29.2. The molecule has 0 radical (unpaired) electrons. The van der Waals surface area contributed by atoms with Crippen LogP contribution in [0, 0.1) is 0 Å². The Kier molecular flexibility index (Phi) is 1.92. The van der Waals surface area contributed by atoms with E-state index in [0.717, 1.165) is 23.7 Å². The van der Waals surface area contributed by atoms with E-state index >= 15 is 0 Å². The highest BCUT2D eigenvalue weighted by atomic mass is 35.5. The van der Waals surface area contributed by atoms with Crippen molar-refractivity contribution >= 4 is 11.6 Å². The highest BCUT2D eigenvalue weighted by molar-refractivity contribution is 6.30. The number of rotatable bonds is 0. The molecule has 0 spiro atoms. The molecule has 3 heteroatoms. The summed E-state index contributed by atoms with van der Waals surface area (Å²) in [5.74, 6) is 0.960. The molecule has 0 aromatic heterocycles. The molecule has 0 aliphatic carbocycles. The summed E-state index contributed by atoms with van der Waals surface area (Å²) in [6, 6.07) is 6.30. The van der Waals surface area contributed by atoms with Crippen LogP contribution in [0.25, 0.3) is 0 Å². The number of hydrogen-bond acceptors (Lipinski definition) is 2. The maximum Gasteiger partial charge on any atom is 0.126 e. The van der Waals surface area contributed by atoms with E-state index in [9.17, 15) is 0 Å². The summed E-state index contributed by atoms with van der Waals surface area (Å²) in [5.41, 5.74) is 1.26. The zero-order valence-electron chi connectivity index (χ0n) is 7.79. The van der Waals surface area contributed by atoms with Gasteiger partial charge in [-0.2, -0.15) is 0 Å². The van der Waals surface area contributed by atoms with Crippen molar-refractivity contribution in [3.05, 3.63) is 28.8 Å². The Morgan fingerprint density at radius 1 is 1.43 bits per heavy atom. The Bertz CT molecular complexity index is 366. The molecule has 2 aliphatic heterocycles. The van der Waals surface area contributed by atoms with Crippen LogP contribution in [-0.4, -0.2) is 12.6 Å². The van der Waals surface area contributed by atoms with E-state index in [4.69, 9.17) is 16.3 Å². The van der Waals surface area contributed by atoms with Crippen LogP contribution in [0.5, 0.6) is 5.75 Å². The van der Waals surface area contributed by atoms with Crippen LogP contribution in [0.1, 0.15) is 24.4 Å². The molecule has 0 bridgehead atoms. The van der Waals surface area contributed by atoms with Gasteiger partial charge in [0.1, 0.15) is 11.9 Å². The molecule has 1 aromatic carbocycles. The van der Waals surface area contributed by atoms with Crippen molar-refractivity contribution < 1.29 is 4.74 Å². The fraction of sp³-hybridized carbons (Fsp3) is 0.455. The summed E-state index contributed by atoms with van der Waals surface area (Å²) in [7, 11) is 0. The summed E-state index contributed by atoms with van der Waals surface area (Å²) in [4.78, 5) is 0. The number of piperidine rings is 1. The summed E-state index contributed by atoms with van der Waals surface area (Å²) >= 11 is 5.92. The summed E-state index contributed by atoms with van der Waals surface area (Å²) < 4.78 is 5.84. The van der Waals surface area contributed by atoms with Crippen LogP contribution in [0.2, 0.25) is 5.02 Å². The number of benzene rings is 1. The van der Waals surface area contributed by atoms with Crippen LogP contribution in [-0.2, 0) is 0 Å². The quantitative estimate of drug-likeness (QED) is 0.709. The molecule has 0 amide bonds. The van der Waals surface area contributed by atoms with Gasteiger partial charge in [-0.05, 0) is 31.5 Å². The molecular formula is C11H12ClNO. The lowest BCUT2D eigenvalue weighted by Crippen LogP contribution is -2.36. The molecular weight excluding hydrogens is 198 g/mol. The fourth-order valence-electron chi connectivity index (χ4n) is 2.33. The maximum atomic E-state index is 5.92. The van der Waals surface area contributed by atoms with E-state index in [-0.39, 0.29) is 0 Å². The lowest BCUT2D eigenvalue weighted by Gasteiger charge is -2.25. The minimum atomic E-state index is 0.317. The summed E-state index contributed by atoms with van der Waals surface area (Å²) in [6.45, 7) is 1.09. The number of fused-ring (bicyclic) bond motifs is 3. The average molecular weight is 210 g/mol. The molecule has 14 heavy (non-hydrogen) atoms. The molecule has 0 saturated carbocycles. The molecule has 74 valence electrons. The number of hydrogen-bond donors (Lipinski definition) is 1. The summed E-state index contributed by atoms with van der Waals surface area (Å²) in [6.07, 6.45) is 2.66. The predicted molar refractivity (Wildman–Crippen MR) is 55.8 cm³/mol. The van der Waals surface area contributed by atoms with E-state index in [1.54, 1.807) is 0 Å². The lowest BCUT2D eigenvalue weighted by molar-refractivity contribution is 0.154. The lowest BCUT2D eigenvalue weighted by atomic mass is 9.97. The third kappa shape index (κ3) is 1.22. The summed E-state index contributed by atoms with van der Waals surface area (Å²) in [5, 5.41) is 4.24. The third-order valence-corrected chi connectivity index (χ3v) is 3.23. The second kappa shape index (κ2) is 3.14. The van der Waals surface area contributed by atoms with Crippen molar-refractivity contribution in [2.45, 2.75) is 25.0 Å². The van der Waals surface area contributed by atoms with Gasteiger partial charge >= 0.3 is 0 Å². The van der Waals surface area contributed by atoms with Gasteiger partial charge in [-0.15, -0.1) is 0 Å². The van der Waals surface area contributed by atoms with Crippen LogP contribution >= 0.6 is 11.6 Å². The van der Waals surface area contributed by atoms with Crippen LogP contribution < -0.4 is 10.1 Å². The third-order valence-electron chi connectivity index (χ3n) is 2.99. The standard InChI is InChI=1S/C11H12ClNO/c12-7-3-4-8-10(6-7)14-9-2-1-5-13-11(8)9/h3-4,6,9,11,13H,1-2,5H2/t9-,11-/m1/s1. The van der Waals surface area contributed by atoms with Crippen molar-refractivity contribution in [3.8, 4) is 5.75 Å². The Morgan fingerprint density at radius 3 is 3.29 bits per heavy atom. The first-order chi connectivity index (χ1) is 6.84. The van der Waals surface area contributed by atoms with Gasteiger partial charge in [0, 0.05) is 10.6 Å². The number of ether oxygens (including phenoxy) is 1. The SMILES string of the molecule is Clc1ccc2c(c1)O[C@@H]1CCCN[C@H]21. The number of nitrogens with one attached hydrogen (secondary N) is 1. The Hall–Kier alpha value is -0.730. The topological polar surface area (TPSA) is 21.3 Å². The van der Waals surface area contributed by atoms with Gasteiger partial charge in [0.2, 0.25) is 0 Å². The van der Waals surface area contributed by atoms with Crippen LogP contribution in [0.3, 0.4) is 0 Å². The van der Waals surface area contributed by atoms with Gasteiger partial charge in [-0.25, -0.2) is 0 Å². The van der Waals surface area contributed by atoms with E-state index in [1.165, 1.54) is 12.0 Å². The largest absolute Gasteiger partial charge is 0.488 e. The minimum Gasteiger partial charge on any atom is -0.488 e.